The van der Waals surface area contributed by atoms with Crippen LogP contribution in [-0.2, 0) is 20.0 Å². The molecule has 0 saturated heterocycles. The third-order valence-corrected chi connectivity index (χ3v) is 3.26. The van der Waals surface area contributed by atoms with E-state index in [0.717, 1.165) is 37.5 Å². The molecule has 0 radical (unpaired) electrons. The Morgan fingerprint density at radius 3 is 2.71 bits per heavy atom. The van der Waals surface area contributed by atoms with Crippen LogP contribution in [0.15, 0.2) is 6.07 Å². The lowest BCUT2D eigenvalue weighted by atomic mass is 9.90. The summed E-state index contributed by atoms with van der Waals surface area (Å²) in [6, 6.07) is 2.17. The Labute approximate surface area is 110 Å². The van der Waals surface area contributed by atoms with Crippen molar-refractivity contribution in [3.63, 3.8) is 0 Å². The molecule has 0 fully saturated rings. The Kier molecular flexibility index (Phi) is 5.47. The van der Waals surface area contributed by atoms with Gasteiger partial charge in [0.05, 0.1) is 11.4 Å². The molecule has 0 bridgehead atoms. The minimum atomic E-state index is 0.258. The Bertz CT molecular complexity index is 344. The summed E-state index contributed by atoms with van der Waals surface area (Å²) >= 11 is 5.79. The third kappa shape index (κ3) is 4.68. The largest absolute Gasteiger partial charge is 0.311 e. The van der Waals surface area contributed by atoms with E-state index in [2.05, 4.69) is 37.3 Å². The van der Waals surface area contributed by atoms with Gasteiger partial charge in [0.1, 0.15) is 0 Å². The molecule has 4 heteroatoms. The number of halogens is 1. The predicted octanol–water partition coefficient (Wildman–Crippen LogP) is 2.73. The molecule has 0 amide bonds. The van der Waals surface area contributed by atoms with Gasteiger partial charge < -0.3 is 5.32 Å². The molecule has 0 spiro atoms. The first-order valence-electron chi connectivity index (χ1n) is 6.27. The molecule has 1 N–H and O–H groups in total. The van der Waals surface area contributed by atoms with Crippen LogP contribution in [0, 0.1) is 5.41 Å². The lowest BCUT2D eigenvalue weighted by Crippen LogP contribution is -2.30. The molecule has 17 heavy (non-hydrogen) atoms. The highest BCUT2D eigenvalue weighted by Gasteiger charge is 2.16. The summed E-state index contributed by atoms with van der Waals surface area (Å²) in [6.45, 7) is 8.46. The van der Waals surface area contributed by atoms with Gasteiger partial charge in [0, 0.05) is 26.0 Å². The van der Waals surface area contributed by atoms with Crippen LogP contribution in [0.5, 0.6) is 0 Å². The van der Waals surface area contributed by atoms with Crippen molar-refractivity contribution in [1.29, 1.82) is 0 Å². The van der Waals surface area contributed by atoms with Crippen LogP contribution in [0.2, 0.25) is 0 Å². The number of nitrogens with zero attached hydrogens (tertiary/aromatic N) is 2. The molecular weight excluding hydrogens is 234 g/mol. The summed E-state index contributed by atoms with van der Waals surface area (Å²) in [4.78, 5) is 0. The van der Waals surface area contributed by atoms with Crippen molar-refractivity contribution < 1.29 is 0 Å². The fraction of sp³-hybridized carbons (Fsp3) is 0.769. The second kappa shape index (κ2) is 6.41. The van der Waals surface area contributed by atoms with Crippen molar-refractivity contribution in [2.24, 2.45) is 12.5 Å². The second-order valence-corrected chi connectivity index (χ2v) is 5.69. The Hall–Kier alpha value is -0.540. The molecule has 0 aliphatic rings. The Morgan fingerprint density at radius 2 is 2.18 bits per heavy atom. The molecule has 0 unspecified atom stereocenters. The van der Waals surface area contributed by atoms with Gasteiger partial charge in [0.15, 0.2) is 0 Å². The monoisotopic (exact) mass is 257 g/mol. The van der Waals surface area contributed by atoms with Gasteiger partial charge >= 0.3 is 0 Å². The topological polar surface area (TPSA) is 29.9 Å². The minimum absolute atomic E-state index is 0.258. The van der Waals surface area contributed by atoms with Crippen LogP contribution in [0.3, 0.4) is 0 Å². The number of hydrogen-bond donors (Lipinski definition) is 1. The third-order valence-electron chi connectivity index (χ3n) is 3.07. The lowest BCUT2D eigenvalue weighted by molar-refractivity contribution is 0.328. The van der Waals surface area contributed by atoms with E-state index in [-0.39, 0.29) is 5.41 Å². The summed E-state index contributed by atoms with van der Waals surface area (Å²) in [5, 5.41) is 7.92. The molecule has 0 atom stereocenters. The molecule has 1 aromatic heterocycles. The van der Waals surface area contributed by atoms with Crippen molar-refractivity contribution in [1.82, 2.24) is 15.1 Å². The summed E-state index contributed by atoms with van der Waals surface area (Å²) in [7, 11) is 2.00. The number of hydrogen-bond acceptors (Lipinski definition) is 2. The van der Waals surface area contributed by atoms with Gasteiger partial charge in [-0.3, -0.25) is 4.68 Å². The standard InChI is InChI=1S/C13H24ClN3/c1-5-11-8-12(17(4)16-11)9-15-10-13(2,3)6-7-14/h8,15H,5-7,9-10H2,1-4H3. The molecule has 1 heterocycles. The first-order valence-corrected chi connectivity index (χ1v) is 6.80. The Balaban J connectivity index is 2.42. The zero-order valence-corrected chi connectivity index (χ0v) is 12.1. The second-order valence-electron chi connectivity index (χ2n) is 5.31. The van der Waals surface area contributed by atoms with E-state index < -0.39 is 0 Å². The molecule has 0 aliphatic heterocycles. The SMILES string of the molecule is CCc1cc(CNCC(C)(C)CCCl)n(C)n1. The van der Waals surface area contributed by atoms with E-state index in [9.17, 15) is 0 Å². The molecule has 0 aromatic carbocycles. The number of aromatic nitrogens is 2. The normalized spacial score (nSPS) is 12.1. The summed E-state index contributed by atoms with van der Waals surface area (Å²) in [5.74, 6) is 0.723. The van der Waals surface area contributed by atoms with Crippen LogP contribution < -0.4 is 5.32 Å². The maximum absolute atomic E-state index is 5.79. The van der Waals surface area contributed by atoms with Gasteiger partial charge in [0.2, 0.25) is 0 Å². The summed E-state index contributed by atoms with van der Waals surface area (Å²) in [5.41, 5.74) is 2.65. The van der Waals surface area contributed by atoms with Gasteiger partial charge in [-0.1, -0.05) is 20.8 Å². The number of aryl methyl sites for hydroxylation is 2. The molecular formula is C13H24ClN3. The first-order chi connectivity index (χ1) is 7.98. The fourth-order valence-electron chi connectivity index (χ4n) is 1.78. The average molecular weight is 258 g/mol. The van der Waals surface area contributed by atoms with E-state index in [4.69, 9.17) is 11.6 Å². The summed E-state index contributed by atoms with van der Waals surface area (Å²) in [6.07, 6.45) is 2.03. The van der Waals surface area contributed by atoms with Gasteiger partial charge in [0.25, 0.3) is 0 Å². The lowest BCUT2D eigenvalue weighted by Gasteiger charge is -2.23. The first kappa shape index (κ1) is 14.5. The van der Waals surface area contributed by atoms with Crippen molar-refractivity contribution in [3.8, 4) is 0 Å². The van der Waals surface area contributed by atoms with E-state index in [1.165, 1.54) is 5.69 Å². The van der Waals surface area contributed by atoms with Crippen LogP contribution in [0.4, 0.5) is 0 Å². The van der Waals surface area contributed by atoms with Gasteiger partial charge in [-0.05, 0) is 24.3 Å². The molecule has 0 aliphatic carbocycles. The number of rotatable bonds is 7. The quantitative estimate of drug-likeness (QED) is 0.762. The van der Waals surface area contributed by atoms with E-state index >= 15 is 0 Å². The van der Waals surface area contributed by atoms with Gasteiger partial charge in [-0.25, -0.2) is 0 Å². The van der Waals surface area contributed by atoms with E-state index in [0.29, 0.717) is 0 Å². The van der Waals surface area contributed by atoms with Crippen LogP contribution >= 0.6 is 11.6 Å². The number of nitrogens with one attached hydrogen (secondary N) is 1. The van der Waals surface area contributed by atoms with Gasteiger partial charge in [-0.2, -0.15) is 5.10 Å². The predicted molar refractivity (Wildman–Crippen MR) is 73.4 cm³/mol. The maximum atomic E-state index is 5.79. The summed E-state index contributed by atoms with van der Waals surface area (Å²) < 4.78 is 1.96. The zero-order chi connectivity index (χ0) is 12.9. The highest BCUT2D eigenvalue weighted by atomic mass is 35.5. The smallest absolute Gasteiger partial charge is 0.0625 e. The highest BCUT2D eigenvalue weighted by Crippen LogP contribution is 2.19. The molecule has 1 rings (SSSR count). The number of alkyl halides is 1. The molecule has 0 saturated carbocycles. The molecule has 98 valence electrons. The van der Waals surface area contributed by atoms with Crippen molar-refractivity contribution in [2.75, 3.05) is 12.4 Å². The molecule has 1 aromatic rings. The van der Waals surface area contributed by atoms with Crippen LogP contribution in [0.1, 0.15) is 38.6 Å². The fourth-order valence-corrected chi connectivity index (χ4v) is 2.29. The van der Waals surface area contributed by atoms with Crippen molar-refractivity contribution in [3.05, 3.63) is 17.5 Å². The highest BCUT2D eigenvalue weighted by molar-refractivity contribution is 6.17. The van der Waals surface area contributed by atoms with Crippen LogP contribution in [0.25, 0.3) is 0 Å². The van der Waals surface area contributed by atoms with Crippen molar-refractivity contribution >= 4 is 11.6 Å². The average Bonchev–Trinajstić information content (AvgIpc) is 2.59. The maximum Gasteiger partial charge on any atom is 0.0625 e. The van der Waals surface area contributed by atoms with E-state index in [1.807, 2.05) is 11.7 Å². The Morgan fingerprint density at radius 1 is 1.47 bits per heavy atom. The van der Waals surface area contributed by atoms with Gasteiger partial charge in [-0.15, -0.1) is 11.6 Å². The zero-order valence-electron chi connectivity index (χ0n) is 11.4. The van der Waals surface area contributed by atoms with E-state index in [1.54, 1.807) is 0 Å². The van der Waals surface area contributed by atoms with Crippen molar-refractivity contribution in [2.45, 2.75) is 40.2 Å². The van der Waals surface area contributed by atoms with Crippen LogP contribution in [-0.4, -0.2) is 22.2 Å². The minimum Gasteiger partial charge on any atom is -0.311 e. The molecule has 3 nitrogen and oxygen atoms in total.